The SMILES string of the molecule is CON([O-])N(O)N(N)O. The number of hydrazine groups is 3. The summed E-state index contributed by atoms with van der Waals surface area (Å²) in [5.41, 5.74) is 0. The maximum absolute atomic E-state index is 10.0. The van der Waals surface area contributed by atoms with Gasteiger partial charge in [0.1, 0.15) is 0 Å². The molecule has 8 nitrogen and oxygen atoms in total. The molecule has 0 aromatic heterocycles. The summed E-state index contributed by atoms with van der Waals surface area (Å²) in [6.07, 6.45) is 0. The van der Waals surface area contributed by atoms with Crippen LogP contribution in [0.3, 0.4) is 0 Å². The Labute approximate surface area is 50.6 Å². The summed E-state index contributed by atoms with van der Waals surface area (Å²) in [7, 11) is 0.986. The lowest BCUT2D eigenvalue weighted by molar-refractivity contribution is -0.500. The zero-order chi connectivity index (χ0) is 7.44. The highest BCUT2D eigenvalue weighted by atomic mass is 17.0. The maximum Gasteiger partial charge on any atom is 0.0581 e. The topological polar surface area (TPSA) is 108 Å². The van der Waals surface area contributed by atoms with Crippen LogP contribution in [0.4, 0.5) is 0 Å². The summed E-state index contributed by atoms with van der Waals surface area (Å²) in [5.74, 6) is 4.46. The molecule has 0 saturated carbocycles. The minimum absolute atomic E-state index is 0.351. The molecule has 0 fully saturated rings. The maximum atomic E-state index is 10.0. The molecule has 0 aromatic rings. The van der Waals surface area contributed by atoms with Crippen LogP contribution in [0.5, 0.6) is 0 Å². The third-order valence-electron chi connectivity index (χ3n) is 0.486. The van der Waals surface area contributed by atoms with E-state index in [1.54, 1.807) is 0 Å². The molecule has 0 aromatic carbocycles. The van der Waals surface area contributed by atoms with Gasteiger partial charge >= 0.3 is 0 Å². The second-order valence-corrected chi connectivity index (χ2v) is 1.01. The summed E-state index contributed by atoms with van der Waals surface area (Å²) >= 11 is 0. The van der Waals surface area contributed by atoms with Gasteiger partial charge in [0.15, 0.2) is 0 Å². The lowest BCUT2D eigenvalue weighted by Gasteiger charge is -2.32. The molecule has 9 heavy (non-hydrogen) atoms. The predicted octanol–water partition coefficient (Wildman–Crippen LogP) is -1.57. The van der Waals surface area contributed by atoms with E-state index in [2.05, 4.69) is 10.7 Å². The number of rotatable bonds is 3. The van der Waals surface area contributed by atoms with Crippen molar-refractivity contribution < 1.29 is 15.3 Å². The van der Waals surface area contributed by atoms with Crippen LogP contribution >= 0.6 is 0 Å². The first-order chi connectivity index (χ1) is 4.09. The quantitative estimate of drug-likeness (QED) is 0.318. The Morgan fingerprint density at radius 1 is 1.56 bits per heavy atom. The van der Waals surface area contributed by atoms with Crippen molar-refractivity contribution in [2.45, 2.75) is 0 Å². The van der Waals surface area contributed by atoms with Gasteiger partial charge in [-0.15, -0.1) is 5.34 Å². The number of hydrogen-bond acceptors (Lipinski definition) is 8. The highest BCUT2D eigenvalue weighted by Crippen LogP contribution is 1.89. The molecule has 0 aliphatic carbocycles. The lowest BCUT2D eigenvalue weighted by Crippen LogP contribution is -2.50. The van der Waals surface area contributed by atoms with Gasteiger partial charge in [0, 0.05) is 5.28 Å². The molecule has 0 rings (SSSR count). The Bertz CT molecular complexity index is 77.0. The van der Waals surface area contributed by atoms with Crippen LogP contribution in [0.2, 0.25) is 0 Å². The standard InChI is InChI=1S/CH7N4O4/c1-9-5(8)4(7)3(2)6/h6-7H,2H2,1H3/q-1. The minimum Gasteiger partial charge on any atom is -0.745 e. The summed E-state index contributed by atoms with van der Waals surface area (Å²) in [4.78, 5) is 3.85. The second kappa shape index (κ2) is 3.66. The predicted molar refractivity (Wildman–Crippen MR) is 23.7 cm³/mol. The van der Waals surface area contributed by atoms with Gasteiger partial charge in [-0.2, -0.15) is 0 Å². The van der Waals surface area contributed by atoms with Crippen molar-refractivity contribution in [3.05, 3.63) is 5.21 Å². The molecule has 4 N–H and O–H groups in total. The van der Waals surface area contributed by atoms with E-state index >= 15 is 0 Å². The molecule has 0 atom stereocenters. The van der Waals surface area contributed by atoms with Gasteiger partial charge in [-0.05, 0) is 5.28 Å². The molecule has 0 aliphatic rings. The van der Waals surface area contributed by atoms with Crippen LogP contribution in [-0.2, 0) is 4.84 Å². The molecule has 0 amide bonds. The third kappa shape index (κ3) is 2.64. The van der Waals surface area contributed by atoms with Crippen molar-refractivity contribution >= 4 is 0 Å². The van der Waals surface area contributed by atoms with E-state index in [0.29, 0.717) is 0 Å². The van der Waals surface area contributed by atoms with Crippen molar-refractivity contribution in [2.75, 3.05) is 7.11 Å². The van der Waals surface area contributed by atoms with E-state index in [4.69, 9.17) is 10.4 Å². The van der Waals surface area contributed by atoms with E-state index in [9.17, 15) is 5.21 Å². The van der Waals surface area contributed by atoms with Crippen LogP contribution in [0.25, 0.3) is 0 Å². The van der Waals surface area contributed by atoms with Crippen molar-refractivity contribution in [3.63, 3.8) is 0 Å². The molecule has 0 unspecified atom stereocenters. The van der Waals surface area contributed by atoms with E-state index in [0.717, 1.165) is 7.11 Å². The first-order valence-electron chi connectivity index (χ1n) is 1.83. The van der Waals surface area contributed by atoms with Gasteiger partial charge in [0.25, 0.3) is 0 Å². The van der Waals surface area contributed by atoms with Gasteiger partial charge < -0.3 is 5.21 Å². The van der Waals surface area contributed by atoms with Gasteiger partial charge in [-0.3, -0.25) is 15.3 Å². The normalized spacial score (nSPS) is 12.0. The van der Waals surface area contributed by atoms with Gasteiger partial charge in [-0.1, -0.05) is 0 Å². The van der Waals surface area contributed by atoms with E-state index in [1.807, 2.05) is 0 Å². The Morgan fingerprint density at radius 2 is 2.00 bits per heavy atom. The molecule has 0 aliphatic heterocycles. The molecule has 0 spiro atoms. The fourth-order valence-corrected chi connectivity index (χ4v) is 0.148. The van der Waals surface area contributed by atoms with Crippen LogP contribution in [0, 0.1) is 5.21 Å². The van der Waals surface area contributed by atoms with Gasteiger partial charge in [0.2, 0.25) is 0 Å². The molecular formula is CH7N4O4-. The fraction of sp³-hybridized carbons (Fsp3) is 1.00. The highest BCUT2D eigenvalue weighted by Gasteiger charge is 2.05. The second-order valence-electron chi connectivity index (χ2n) is 1.01. The lowest BCUT2D eigenvalue weighted by atomic mass is 11.7. The molecule has 56 valence electrons. The number of nitrogens with two attached hydrogens (primary N) is 1. The van der Waals surface area contributed by atoms with Crippen LogP contribution in [-0.4, -0.2) is 33.4 Å². The Balaban J connectivity index is 3.58. The van der Waals surface area contributed by atoms with Crippen molar-refractivity contribution in [2.24, 2.45) is 5.84 Å². The molecule has 0 heterocycles. The highest BCUT2D eigenvalue weighted by molar-refractivity contribution is 4.19. The van der Waals surface area contributed by atoms with Crippen LogP contribution < -0.4 is 5.84 Å². The Kier molecular flexibility index (Phi) is 3.53. The van der Waals surface area contributed by atoms with E-state index in [1.165, 1.54) is 0 Å². The van der Waals surface area contributed by atoms with Crippen molar-refractivity contribution in [1.82, 2.24) is 15.9 Å². The molecule has 8 heteroatoms. The average Bonchev–Trinajstić information content (AvgIpc) is 1.84. The summed E-state index contributed by atoms with van der Waals surface area (Å²) < 4.78 is 0. The summed E-state index contributed by atoms with van der Waals surface area (Å²) in [6, 6.07) is 0. The smallest absolute Gasteiger partial charge is 0.0581 e. The third-order valence-corrected chi connectivity index (χ3v) is 0.486. The fourth-order valence-electron chi connectivity index (χ4n) is 0.148. The first kappa shape index (κ1) is 8.68. The van der Waals surface area contributed by atoms with Gasteiger partial charge in [0.05, 0.1) is 7.11 Å². The van der Waals surface area contributed by atoms with E-state index in [-0.39, 0.29) is 10.6 Å². The molecule has 0 radical (unpaired) electrons. The summed E-state index contributed by atoms with van der Waals surface area (Å²) in [6.45, 7) is 0. The largest absolute Gasteiger partial charge is 0.745 e. The Hall–Kier alpha value is -0.320. The number of nitrogens with zero attached hydrogens (tertiary/aromatic N) is 3. The minimum atomic E-state index is -0.444. The molecule has 0 bridgehead atoms. The average molecular weight is 139 g/mol. The first-order valence-corrected chi connectivity index (χ1v) is 1.83. The zero-order valence-corrected chi connectivity index (χ0v) is 4.63. The molecular weight excluding hydrogens is 132 g/mol. The number of hydrogen-bond donors (Lipinski definition) is 3. The van der Waals surface area contributed by atoms with Crippen LogP contribution in [0.15, 0.2) is 0 Å². The van der Waals surface area contributed by atoms with E-state index < -0.39 is 5.34 Å². The van der Waals surface area contributed by atoms with Crippen molar-refractivity contribution in [3.8, 4) is 0 Å². The summed E-state index contributed by atoms with van der Waals surface area (Å²) in [5, 5.41) is 25.2. The monoisotopic (exact) mass is 139 g/mol. The molecule has 0 saturated heterocycles. The Morgan fingerprint density at radius 3 is 2.11 bits per heavy atom. The van der Waals surface area contributed by atoms with Gasteiger partial charge in [-0.25, -0.2) is 5.84 Å². The van der Waals surface area contributed by atoms with Crippen molar-refractivity contribution in [1.29, 1.82) is 0 Å². The van der Waals surface area contributed by atoms with Crippen LogP contribution in [0.1, 0.15) is 0 Å². The zero-order valence-electron chi connectivity index (χ0n) is 4.63.